The molecule has 16 heteroatoms. The van der Waals surface area contributed by atoms with E-state index in [1.54, 1.807) is 13.8 Å². The summed E-state index contributed by atoms with van der Waals surface area (Å²) in [5.41, 5.74) is -3.36. The zero-order valence-electron chi connectivity index (χ0n) is 25.0. The molecule has 2 aromatic rings. The zero-order chi connectivity index (χ0) is 33.8. The third-order valence-electron chi connectivity index (χ3n) is 6.83. The Kier molecular flexibility index (Phi) is 19.5. The lowest BCUT2D eigenvalue weighted by Gasteiger charge is -2.34. The molecule has 2 fully saturated rings. The molecule has 47 heavy (non-hydrogen) atoms. The Morgan fingerprint density at radius 1 is 0.787 bits per heavy atom. The summed E-state index contributed by atoms with van der Waals surface area (Å²) in [5, 5.41) is 2.10. The molecular formula is C31H38Cl4F4N2O6. The van der Waals surface area contributed by atoms with Crippen molar-refractivity contribution >= 4 is 70.3 Å². The van der Waals surface area contributed by atoms with Crippen LogP contribution in [-0.2, 0) is 19.1 Å². The lowest BCUT2D eigenvalue weighted by atomic mass is 9.93. The molecule has 1 amide bonds. The number of rotatable bonds is 6. The molecule has 1 N–H and O–H groups in total. The smallest absolute Gasteiger partial charge is 0.344 e. The average molecular weight is 752 g/mol. The van der Waals surface area contributed by atoms with E-state index in [-0.39, 0.29) is 98.9 Å². The topological polar surface area (TPSA) is 102 Å². The first-order valence-electron chi connectivity index (χ1n) is 14.0. The van der Waals surface area contributed by atoms with Gasteiger partial charge in [-0.2, -0.15) is 0 Å². The lowest BCUT2D eigenvalue weighted by molar-refractivity contribution is -0.160. The third kappa shape index (κ3) is 13.1. The largest absolute Gasteiger partial charge is 0.464 e. The second kappa shape index (κ2) is 20.7. The van der Waals surface area contributed by atoms with Crippen LogP contribution < -0.4 is 5.32 Å². The van der Waals surface area contributed by atoms with Gasteiger partial charge in [-0.25, -0.2) is 27.2 Å². The number of piperidine rings is 2. The molecule has 0 atom stereocenters. The molecule has 0 radical (unpaired) electrons. The molecule has 2 aliphatic rings. The maximum Gasteiger partial charge on any atom is 0.344 e. The van der Waals surface area contributed by atoms with Gasteiger partial charge in [-0.1, -0.05) is 30.6 Å². The number of carbonyl (C=O) groups excluding carboxylic acids is 4. The molecule has 264 valence electrons. The predicted molar refractivity (Wildman–Crippen MR) is 175 cm³/mol. The number of carbonyl (C=O) groups is 4. The Labute approximate surface area is 292 Å². The molecule has 2 heterocycles. The number of esters is 2. The maximum absolute atomic E-state index is 14.4. The van der Waals surface area contributed by atoms with Crippen molar-refractivity contribution in [2.45, 2.75) is 58.3 Å². The number of hydrogen-bond acceptors (Lipinski definition) is 7. The van der Waals surface area contributed by atoms with Gasteiger partial charge in [0, 0.05) is 49.9 Å². The second-order valence-electron chi connectivity index (χ2n) is 9.95. The van der Waals surface area contributed by atoms with Gasteiger partial charge in [-0.3, -0.25) is 9.59 Å². The van der Waals surface area contributed by atoms with E-state index in [0.29, 0.717) is 13.1 Å². The molecule has 2 aliphatic heterocycles. The predicted octanol–water partition coefficient (Wildman–Crippen LogP) is 7.54. The SMILES string of the molecule is C.CCOC(=O)C1(F)CCN(C(=O)c2ccc(F)c(Cl)c2)CC1.CCOC(=O)C1(F)CCNCC1.Cl.O=C(Cl)c1ccc(F)c(Cl)c1. The van der Waals surface area contributed by atoms with Crippen LogP contribution in [0.15, 0.2) is 36.4 Å². The summed E-state index contributed by atoms with van der Waals surface area (Å²) in [6.45, 7) is 4.93. The van der Waals surface area contributed by atoms with Crippen molar-refractivity contribution in [3.05, 3.63) is 69.2 Å². The van der Waals surface area contributed by atoms with Gasteiger partial charge in [0.15, 0.2) is 0 Å². The molecule has 2 aromatic carbocycles. The van der Waals surface area contributed by atoms with Gasteiger partial charge in [-0.05, 0) is 74.9 Å². The van der Waals surface area contributed by atoms with Crippen LogP contribution >= 0.6 is 47.2 Å². The Morgan fingerprint density at radius 3 is 1.60 bits per heavy atom. The quantitative estimate of drug-likeness (QED) is 0.185. The summed E-state index contributed by atoms with van der Waals surface area (Å²) in [6.07, 6.45) is 0.219. The molecule has 0 bridgehead atoms. The number of nitrogens with one attached hydrogen (secondary N) is 1. The minimum Gasteiger partial charge on any atom is -0.464 e. The van der Waals surface area contributed by atoms with Crippen molar-refractivity contribution in [1.82, 2.24) is 10.2 Å². The first-order valence-corrected chi connectivity index (χ1v) is 15.1. The van der Waals surface area contributed by atoms with E-state index in [2.05, 4.69) is 10.1 Å². The van der Waals surface area contributed by atoms with Gasteiger partial charge in [0.25, 0.3) is 11.1 Å². The first kappa shape index (κ1) is 44.4. The van der Waals surface area contributed by atoms with Crippen LogP contribution in [0.25, 0.3) is 0 Å². The summed E-state index contributed by atoms with van der Waals surface area (Å²) in [5.74, 6) is -3.12. The van der Waals surface area contributed by atoms with Crippen molar-refractivity contribution in [3.63, 3.8) is 0 Å². The summed E-state index contributed by atoms with van der Waals surface area (Å²) >= 11 is 16.1. The molecule has 4 rings (SSSR count). The fourth-order valence-electron chi connectivity index (χ4n) is 4.25. The molecule has 8 nitrogen and oxygen atoms in total. The summed E-state index contributed by atoms with van der Waals surface area (Å²) < 4.78 is 63.0. The highest BCUT2D eigenvalue weighted by Crippen LogP contribution is 2.29. The Balaban J connectivity index is 0.000000721. The van der Waals surface area contributed by atoms with E-state index >= 15 is 0 Å². The number of nitrogens with zero attached hydrogens (tertiary/aromatic N) is 1. The highest BCUT2D eigenvalue weighted by atomic mass is 35.5. The molecular weight excluding hydrogens is 714 g/mol. The van der Waals surface area contributed by atoms with Crippen molar-refractivity contribution < 1.29 is 46.2 Å². The van der Waals surface area contributed by atoms with Gasteiger partial charge in [0.1, 0.15) is 11.6 Å². The van der Waals surface area contributed by atoms with Crippen LogP contribution in [0.3, 0.4) is 0 Å². The number of alkyl halides is 2. The van der Waals surface area contributed by atoms with E-state index < -0.39 is 40.2 Å². The third-order valence-corrected chi connectivity index (χ3v) is 7.63. The van der Waals surface area contributed by atoms with Crippen LogP contribution in [0.1, 0.15) is 67.7 Å². The fraction of sp³-hybridized carbons (Fsp3) is 0.484. The van der Waals surface area contributed by atoms with Crippen molar-refractivity contribution in [2.24, 2.45) is 0 Å². The van der Waals surface area contributed by atoms with E-state index in [4.69, 9.17) is 39.5 Å². The molecule has 2 saturated heterocycles. The van der Waals surface area contributed by atoms with E-state index in [1.807, 2.05) is 0 Å². The van der Waals surface area contributed by atoms with Gasteiger partial charge in [0.05, 0.1) is 23.3 Å². The van der Waals surface area contributed by atoms with Crippen LogP contribution in [0, 0.1) is 11.6 Å². The lowest BCUT2D eigenvalue weighted by Crippen LogP contribution is -2.49. The number of halogens is 8. The molecule has 0 unspecified atom stereocenters. The van der Waals surface area contributed by atoms with Gasteiger partial charge in [-0.15, -0.1) is 12.4 Å². The Morgan fingerprint density at radius 2 is 1.19 bits per heavy atom. The van der Waals surface area contributed by atoms with E-state index in [9.17, 15) is 36.7 Å². The zero-order valence-corrected chi connectivity index (χ0v) is 28.1. The number of likely N-dealkylation sites (tertiary alicyclic amines) is 1. The van der Waals surface area contributed by atoms with E-state index in [0.717, 1.165) is 12.1 Å². The minimum atomic E-state index is -2.05. The number of hydrogen-bond donors (Lipinski definition) is 1. The summed E-state index contributed by atoms with van der Waals surface area (Å²) in [4.78, 5) is 46.9. The monoisotopic (exact) mass is 750 g/mol. The molecule has 0 saturated carbocycles. The standard InChI is InChI=1S/C15H16ClF2NO3.C8H14FNO2.C7H3Cl2FO.CH4.ClH/c1-2-22-14(21)15(18)5-7-19(8-6-15)13(20)10-3-4-12(17)11(16)9-10;1-2-12-7(11)8(9)3-5-10-6-4-8;8-5-3-4(7(9)11)1-2-6(5)10;;/h3-4,9H,2,5-8H2,1H3;10H,2-6H2,1H3;1-3H;1H4;1H. The highest BCUT2D eigenvalue weighted by molar-refractivity contribution is 6.67. The van der Waals surface area contributed by atoms with E-state index in [1.165, 1.54) is 29.2 Å². The molecule has 0 spiro atoms. The highest BCUT2D eigenvalue weighted by Gasteiger charge is 2.44. The van der Waals surface area contributed by atoms with Crippen molar-refractivity contribution in [2.75, 3.05) is 39.4 Å². The van der Waals surface area contributed by atoms with Crippen molar-refractivity contribution in [3.8, 4) is 0 Å². The van der Waals surface area contributed by atoms with Crippen LogP contribution in [-0.4, -0.2) is 78.7 Å². The molecule has 0 aliphatic carbocycles. The van der Waals surface area contributed by atoms with Crippen LogP contribution in [0.4, 0.5) is 17.6 Å². The Bertz CT molecular complexity index is 1360. The number of amides is 1. The number of benzene rings is 2. The van der Waals surface area contributed by atoms with Crippen LogP contribution in [0.2, 0.25) is 10.0 Å². The Hall–Kier alpha value is -2.64. The first-order chi connectivity index (χ1) is 21.2. The second-order valence-corrected chi connectivity index (χ2v) is 11.1. The van der Waals surface area contributed by atoms with Crippen molar-refractivity contribution in [1.29, 1.82) is 0 Å². The number of ether oxygens (including phenoxy) is 2. The molecule has 0 aromatic heterocycles. The van der Waals surface area contributed by atoms with Gasteiger partial charge < -0.3 is 19.7 Å². The summed E-state index contributed by atoms with van der Waals surface area (Å²) in [6, 6.07) is 7.23. The summed E-state index contributed by atoms with van der Waals surface area (Å²) in [7, 11) is 0. The normalized spacial score (nSPS) is 15.9. The van der Waals surface area contributed by atoms with Gasteiger partial charge >= 0.3 is 11.9 Å². The maximum atomic E-state index is 14.4. The fourth-order valence-corrected chi connectivity index (χ4v) is 4.73. The average Bonchev–Trinajstić information content (AvgIpc) is 3.01. The minimum absolute atomic E-state index is 0. The van der Waals surface area contributed by atoms with Gasteiger partial charge in [0.2, 0.25) is 11.3 Å². The van der Waals surface area contributed by atoms with Crippen LogP contribution in [0.5, 0.6) is 0 Å².